The first-order valence-electron chi connectivity index (χ1n) is 10.3. The van der Waals surface area contributed by atoms with Crippen LogP contribution in [0.15, 0.2) is 59.7 Å². The smallest absolute Gasteiger partial charge is 0.293 e. The van der Waals surface area contributed by atoms with Crippen LogP contribution in [-0.2, 0) is 17.6 Å². The Labute approximate surface area is 194 Å². The highest BCUT2D eigenvalue weighted by Crippen LogP contribution is 2.24. The van der Waals surface area contributed by atoms with Crippen molar-refractivity contribution in [3.8, 4) is 23.7 Å². The Morgan fingerprint density at radius 1 is 1.12 bits per heavy atom. The molecule has 0 bridgehead atoms. The van der Waals surface area contributed by atoms with Crippen LogP contribution in [0, 0.1) is 23.2 Å². The molecule has 0 aliphatic rings. The number of aromatic hydroxyl groups is 1. The fourth-order valence-corrected chi connectivity index (χ4v) is 3.23. The Morgan fingerprint density at radius 2 is 1.85 bits per heavy atom. The summed E-state index contributed by atoms with van der Waals surface area (Å²) in [6.45, 7) is -0.858. The number of aromatic amines is 1. The Hall–Kier alpha value is -4.50. The van der Waals surface area contributed by atoms with Crippen molar-refractivity contribution in [3.63, 3.8) is 0 Å². The molecule has 3 N–H and O–H groups in total. The van der Waals surface area contributed by atoms with Crippen molar-refractivity contribution in [1.29, 1.82) is 5.26 Å². The van der Waals surface area contributed by atoms with Gasteiger partial charge < -0.3 is 15.4 Å². The van der Waals surface area contributed by atoms with Gasteiger partial charge in [0.05, 0.1) is 31.3 Å². The van der Waals surface area contributed by atoms with Crippen LogP contribution in [0.4, 0.5) is 8.78 Å². The van der Waals surface area contributed by atoms with Crippen molar-refractivity contribution in [2.24, 2.45) is 0 Å². The van der Waals surface area contributed by atoms with Crippen LogP contribution in [0.5, 0.6) is 5.75 Å². The summed E-state index contributed by atoms with van der Waals surface area (Å²) >= 11 is 0. The largest absolute Gasteiger partial charge is 0.502 e. The van der Waals surface area contributed by atoms with Gasteiger partial charge in [-0.1, -0.05) is 36.1 Å². The number of nitriles is 1. The molecule has 1 heterocycles. The first-order chi connectivity index (χ1) is 16.4. The zero-order chi connectivity index (χ0) is 24.5. The minimum atomic E-state index is -2.75. The van der Waals surface area contributed by atoms with Gasteiger partial charge in [0.2, 0.25) is 11.7 Å². The summed E-state index contributed by atoms with van der Waals surface area (Å²) in [7, 11) is 0. The number of nitrogens with zero attached hydrogens (tertiary/aromatic N) is 2. The molecule has 34 heavy (non-hydrogen) atoms. The molecule has 3 rings (SSSR count). The predicted molar refractivity (Wildman–Crippen MR) is 120 cm³/mol. The quantitative estimate of drug-likeness (QED) is 0.467. The third-order valence-electron chi connectivity index (χ3n) is 4.89. The van der Waals surface area contributed by atoms with Gasteiger partial charge in [-0.15, -0.1) is 0 Å². The first-order valence-corrected chi connectivity index (χ1v) is 10.3. The van der Waals surface area contributed by atoms with Crippen LogP contribution < -0.4 is 10.9 Å². The maximum Gasteiger partial charge on any atom is 0.293 e. The predicted octanol–water partition coefficient (Wildman–Crippen LogP) is 2.65. The van der Waals surface area contributed by atoms with E-state index in [1.165, 1.54) is 0 Å². The van der Waals surface area contributed by atoms with Crippen LogP contribution in [0.1, 0.15) is 33.9 Å². The molecule has 3 aromatic rings. The second kappa shape index (κ2) is 11.4. The molecular weight excluding hydrogens is 442 g/mol. The second-order valence-electron chi connectivity index (χ2n) is 7.34. The molecule has 0 aliphatic carbocycles. The van der Waals surface area contributed by atoms with E-state index in [0.717, 1.165) is 17.5 Å². The summed E-state index contributed by atoms with van der Waals surface area (Å²) in [5.41, 5.74) is 1.96. The summed E-state index contributed by atoms with van der Waals surface area (Å²) in [5.74, 6) is 3.38. The maximum absolute atomic E-state index is 12.6. The van der Waals surface area contributed by atoms with Crippen LogP contribution in [0.2, 0.25) is 0 Å². The third-order valence-corrected chi connectivity index (χ3v) is 4.89. The summed E-state index contributed by atoms with van der Waals surface area (Å²) in [5, 5.41) is 21.0. The number of hydrogen-bond acceptors (Lipinski definition) is 5. The molecule has 7 nitrogen and oxygen atoms in total. The summed E-state index contributed by atoms with van der Waals surface area (Å²) < 4.78 is 25.1. The van der Waals surface area contributed by atoms with E-state index in [4.69, 9.17) is 5.26 Å². The van der Waals surface area contributed by atoms with Crippen LogP contribution >= 0.6 is 0 Å². The minimum absolute atomic E-state index is 0.0169. The molecule has 2 aromatic carbocycles. The van der Waals surface area contributed by atoms with Gasteiger partial charge in [0.15, 0.2) is 0 Å². The molecule has 0 fully saturated rings. The van der Waals surface area contributed by atoms with Crippen LogP contribution in [0.3, 0.4) is 0 Å². The second-order valence-corrected chi connectivity index (χ2v) is 7.34. The van der Waals surface area contributed by atoms with Crippen molar-refractivity contribution < 1.29 is 18.7 Å². The lowest BCUT2D eigenvalue weighted by Crippen LogP contribution is -2.34. The molecule has 172 valence electrons. The Balaban J connectivity index is 1.80. The van der Waals surface area contributed by atoms with Crippen molar-refractivity contribution in [1.82, 2.24) is 15.3 Å². The number of H-pyrrole nitrogens is 1. The first kappa shape index (κ1) is 24.1. The monoisotopic (exact) mass is 462 g/mol. The standard InChI is InChI=1S/C25H20F2N4O3/c26-21(27)14-29-24(33)20(22-23(32)25(34)31-15-30-22)13-19-8-5-16(6-9-19)4-7-17-2-1-3-18(12-17)10-11-28/h1-3,5-6,8-9,12,15,20-21,32H,10,13-14H2,(H,29,33)(H,30,31,34). The lowest BCUT2D eigenvalue weighted by atomic mass is 9.94. The zero-order valence-electron chi connectivity index (χ0n) is 17.9. The lowest BCUT2D eigenvalue weighted by molar-refractivity contribution is -0.123. The van der Waals surface area contributed by atoms with Crippen molar-refractivity contribution in [2.45, 2.75) is 25.2 Å². The number of carbonyl (C=O) groups is 1. The van der Waals surface area contributed by atoms with Gasteiger partial charge in [0, 0.05) is 11.1 Å². The van der Waals surface area contributed by atoms with Gasteiger partial charge in [0.25, 0.3) is 12.0 Å². The highest BCUT2D eigenvalue weighted by atomic mass is 19.3. The van der Waals surface area contributed by atoms with Gasteiger partial charge in [-0.3, -0.25) is 9.59 Å². The molecule has 0 saturated carbocycles. The molecule has 1 atom stereocenters. The van der Waals surface area contributed by atoms with E-state index >= 15 is 0 Å². The number of nitrogens with one attached hydrogen (secondary N) is 2. The number of aromatic nitrogens is 2. The number of halogens is 2. The fourth-order valence-electron chi connectivity index (χ4n) is 3.23. The van der Waals surface area contributed by atoms with Gasteiger partial charge in [0.1, 0.15) is 5.69 Å². The molecule has 0 saturated heterocycles. The van der Waals surface area contributed by atoms with Crippen LogP contribution in [-0.4, -0.2) is 34.0 Å². The summed E-state index contributed by atoms with van der Waals surface area (Å²) in [6, 6.07) is 16.4. The Morgan fingerprint density at radius 3 is 2.56 bits per heavy atom. The highest BCUT2D eigenvalue weighted by Gasteiger charge is 2.27. The van der Waals surface area contributed by atoms with Crippen molar-refractivity contribution in [3.05, 3.63) is 93.2 Å². The summed E-state index contributed by atoms with van der Waals surface area (Å²) in [4.78, 5) is 30.4. The van der Waals surface area contributed by atoms with E-state index in [9.17, 15) is 23.5 Å². The van der Waals surface area contributed by atoms with Gasteiger partial charge in [-0.25, -0.2) is 13.8 Å². The average molecular weight is 462 g/mol. The molecule has 0 aliphatic heterocycles. The average Bonchev–Trinajstić information content (AvgIpc) is 2.83. The number of hydrogen-bond donors (Lipinski definition) is 3. The molecule has 1 unspecified atom stereocenters. The normalized spacial score (nSPS) is 11.2. The van der Waals surface area contributed by atoms with E-state index in [1.54, 1.807) is 24.3 Å². The Bertz CT molecular complexity index is 1320. The lowest BCUT2D eigenvalue weighted by Gasteiger charge is -2.17. The number of alkyl halides is 2. The molecule has 1 amide bonds. The van der Waals surface area contributed by atoms with E-state index in [2.05, 4.69) is 33.2 Å². The van der Waals surface area contributed by atoms with Crippen molar-refractivity contribution in [2.75, 3.05) is 6.54 Å². The highest BCUT2D eigenvalue weighted by molar-refractivity contribution is 5.84. The number of rotatable bonds is 7. The van der Waals surface area contributed by atoms with E-state index in [1.807, 2.05) is 24.3 Å². The molecule has 9 heteroatoms. The molecule has 0 radical (unpaired) electrons. The van der Waals surface area contributed by atoms with E-state index in [-0.39, 0.29) is 12.1 Å². The van der Waals surface area contributed by atoms with Gasteiger partial charge in [-0.05, 0) is 41.8 Å². The fraction of sp³-hybridized carbons (Fsp3) is 0.200. The minimum Gasteiger partial charge on any atom is -0.502 e. The van der Waals surface area contributed by atoms with Gasteiger partial charge >= 0.3 is 0 Å². The maximum atomic E-state index is 12.6. The Kier molecular flexibility index (Phi) is 8.09. The van der Waals surface area contributed by atoms with E-state index < -0.39 is 36.1 Å². The van der Waals surface area contributed by atoms with Crippen molar-refractivity contribution >= 4 is 5.91 Å². The van der Waals surface area contributed by atoms with Crippen LogP contribution in [0.25, 0.3) is 0 Å². The summed E-state index contributed by atoms with van der Waals surface area (Å²) in [6.07, 6.45) is -1.39. The molecule has 0 spiro atoms. The molecule has 1 aromatic heterocycles. The number of benzene rings is 2. The topological polar surface area (TPSA) is 119 Å². The van der Waals surface area contributed by atoms with Gasteiger partial charge in [-0.2, -0.15) is 5.26 Å². The number of carbonyl (C=O) groups excluding carboxylic acids is 1. The SMILES string of the molecule is N#CCc1cccc(C#Cc2ccc(CC(C(=O)NCC(F)F)c3nc[nH]c(=O)c3O)cc2)c1. The third kappa shape index (κ3) is 6.50. The zero-order valence-corrected chi connectivity index (χ0v) is 17.9. The number of amides is 1. The van der Waals surface area contributed by atoms with E-state index in [0.29, 0.717) is 17.5 Å². The molecular formula is C25H20F2N4O3.